The van der Waals surface area contributed by atoms with E-state index >= 15 is 0 Å². The van der Waals surface area contributed by atoms with E-state index in [2.05, 4.69) is 4.99 Å². The van der Waals surface area contributed by atoms with Crippen molar-refractivity contribution < 1.29 is 18.7 Å². The Bertz CT molecular complexity index is 811. The average molecular weight is 311 g/mol. The van der Waals surface area contributed by atoms with Crippen molar-refractivity contribution in [2.75, 3.05) is 6.61 Å². The molecule has 0 bridgehead atoms. The van der Waals surface area contributed by atoms with Crippen molar-refractivity contribution in [1.29, 1.82) is 0 Å². The van der Waals surface area contributed by atoms with Gasteiger partial charge in [-0.05, 0) is 37.3 Å². The summed E-state index contributed by atoms with van der Waals surface area (Å²) in [6.07, 6.45) is 1.60. The van der Waals surface area contributed by atoms with Crippen LogP contribution >= 0.6 is 0 Å². The molecule has 23 heavy (non-hydrogen) atoms. The van der Waals surface area contributed by atoms with Gasteiger partial charge in [-0.3, -0.25) is 0 Å². The van der Waals surface area contributed by atoms with E-state index in [0.29, 0.717) is 17.9 Å². The van der Waals surface area contributed by atoms with Crippen LogP contribution in [0.15, 0.2) is 59.2 Å². The molecule has 0 N–H and O–H groups in total. The van der Waals surface area contributed by atoms with Gasteiger partial charge in [-0.25, -0.2) is 14.2 Å². The molecule has 0 aromatic heterocycles. The van der Waals surface area contributed by atoms with Crippen molar-refractivity contribution in [3.8, 4) is 5.75 Å². The quantitative estimate of drug-likeness (QED) is 0.640. The summed E-state index contributed by atoms with van der Waals surface area (Å²) in [6.45, 7) is 2.40. The minimum Gasteiger partial charge on any atom is -0.493 e. The van der Waals surface area contributed by atoms with E-state index in [1.807, 2.05) is 31.2 Å². The Balaban J connectivity index is 1.95. The summed E-state index contributed by atoms with van der Waals surface area (Å²) in [6, 6.07) is 13.1. The Morgan fingerprint density at radius 2 is 2.04 bits per heavy atom. The summed E-state index contributed by atoms with van der Waals surface area (Å²) in [4.78, 5) is 16.1. The summed E-state index contributed by atoms with van der Waals surface area (Å²) in [5.41, 5.74) is 1.29. The van der Waals surface area contributed by atoms with Crippen LogP contribution in [0.4, 0.5) is 4.39 Å². The van der Waals surface area contributed by atoms with Crippen LogP contribution in [0.1, 0.15) is 18.1 Å². The lowest BCUT2D eigenvalue weighted by molar-refractivity contribution is -0.129. The predicted octanol–water partition coefficient (Wildman–Crippen LogP) is 3.57. The minimum atomic E-state index is -0.574. The number of carbonyl (C=O) groups excluding carboxylic acids is 1. The number of hydrogen-bond donors (Lipinski definition) is 0. The fourth-order valence-electron chi connectivity index (χ4n) is 2.19. The van der Waals surface area contributed by atoms with Gasteiger partial charge in [-0.1, -0.05) is 24.3 Å². The van der Waals surface area contributed by atoms with Gasteiger partial charge in [0.05, 0.1) is 6.61 Å². The van der Waals surface area contributed by atoms with Crippen LogP contribution < -0.4 is 4.74 Å². The lowest BCUT2D eigenvalue weighted by Crippen LogP contribution is -2.05. The summed E-state index contributed by atoms with van der Waals surface area (Å²) in [5.74, 6) is -0.240. The van der Waals surface area contributed by atoms with E-state index in [4.69, 9.17) is 9.47 Å². The van der Waals surface area contributed by atoms with Gasteiger partial charge in [0.15, 0.2) is 5.70 Å². The summed E-state index contributed by atoms with van der Waals surface area (Å²) in [5, 5.41) is 0. The van der Waals surface area contributed by atoms with Crippen LogP contribution in [0.3, 0.4) is 0 Å². The fraction of sp³-hybridized carbons (Fsp3) is 0.111. The zero-order chi connectivity index (χ0) is 16.2. The molecule has 4 nitrogen and oxygen atoms in total. The molecule has 116 valence electrons. The zero-order valence-electron chi connectivity index (χ0n) is 12.5. The first-order chi connectivity index (χ1) is 11.2. The normalized spacial score (nSPS) is 15.5. The maximum Gasteiger partial charge on any atom is 0.363 e. The predicted molar refractivity (Wildman–Crippen MR) is 84.6 cm³/mol. The maximum absolute atomic E-state index is 13.3. The van der Waals surface area contributed by atoms with Gasteiger partial charge in [0.2, 0.25) is 5.90 Å². The topological polar surface area (TPSA) is 47.9 Å². The fourth-order valence-corrected chi connectivity index (χ4v) is 2.19. The molecule has 5 heteroatoms. The first-order valence-electron chi connectivity index (χ1n) is 7.17. The van der Waals surface area contributed by atoms with Crippen LogP contribution in [0.25, 0.3) is 6.08 Å². The van der Waals surface area contributed by atoms with Crippen molar-refractivity contribution in [2.45, 2.75) is 6.92 Å². The van der Waals surface area contributed by atoms with Crippen molar-refractivity contribution in [2.24, 2.45) is 4.99 Å². The first kappa shape index (κ1) is 15.0. The molecule has 0 saturated carbocycles. The SMILES string of the molecule is CCOc1ccccc1/C=C1/N=C(c2cccc(F)c2)OC1=O. The van der Waals surface area contributed by atoms with Gasteiger partial charge < -0.3 is 9.47 Å². The molecule has 0 spiro atoms. The number of ether oxygens (including phenoxy) is 2. The molecule has 0 radical (unpaired) electrons. The van der Waals surface area contributed by atoms with Crippen molar-refractivity contribution >= 4 is 17.9 Å². The van der Waals surface area contributed by atoms with E-state index in [0.717, 1.165) is 5.56 Å². The highest BCUT2D eigenvalue weighted by Crippen LogP contribution is 2.24. The third-order valence-corrected chi connectivity index (χ3v) is 3.20. The molecule has 3 rings (SSSR count). The van der Waals surface area contributed by atoms with Crippen LogP contribution in [-0.4, -0.2) is 18.5 Å². The molecule has 2 aromatic carbocycles. The molecule has 0 fully saturated rings. The van der Waals surface area contributed by atoms with E-state index in [-0.39, 0.29) is 11.6 Å². The van der Waals surface area contributed by atoms with Crippen LogP contribution in [0, 0.1) is 5.82 Å². The Hall–Kier alpha value is -2.95. The lowest BCUT2D eigenvalue weighted by Gasteiger charge is -2.06. The Morgan fingerprint density at radius 3 is 2.83 bits per heavy atom. The molecule has 1 heterocycles. The highest BCUT2D eigenvalue weighted by Gasteiger charge is 2.24. The Kier molecular flexibility index (Phi) is 4.19. The lowest BCUT2D eigenvalue weighted by atomic mass is 10.1. The molecule has 0 amide bonds. The summed E-state index contributed by atoms with van der Waals surface area (Å²) in [7, 11) is 0. The zero-order valence-corrected chi connectivity index (χ0v) is 12.5. The molecular formula is C18H14FNO3. The Labute approximate surface area is 132 Å². The summed E-state index contributed by atoms with van der Waals surface area (Å²) < 4.78 is 23.9. The number of rotatable bonds is 4. The second kappa shape index (κ2) is 6.44. The molecule has 0 saturated heterocycles. The third-order valence-electron chi connectivity index (χ3n) is 3.20. The smallest absolute Gasteiger partial charge is 0.363 e. The van der Waals surface area contributed by atoms with E-state index in [1.165, 1.54) is 18.2 Å². The largest absolute Gasteiger partial charge is 0.493 e. The summed E-state index contributed by atoms with van der Waals surface area (Å²) >= 11 is 0. The van der Waals surface area contributed by atoms with E-state index < -0.39 is 11.8 Å². The van der Waals surface area contributed by atoms with Gasteiger partial charge in [-0.2, -0.15) is 0 Å². The highest BCUT2D eigenvalue weighted by molar-refractivity contribution is 6.12. The standard InChI is InChI=1S/C18H14FNO3/c1-2-22-16-9-4-3-6-12(16)11-15-18(21)23-17(20-15)13-7-5-8-14(19)10-13/h3-11H,2H2,1H3/b15-11+. The second-order valence-electron chi connectivity index (χ2n) is 4.82. The van der Waals surface area contributed by atoms with E-state index in [9.17, 15) is 9.18 Å². The van der Waals surface area contributed by atoms with Gasteiger partial charge >= 0.3 is 5.97 Å². The maximum atomic E-state index is 13.3. The number of nitrogens with zero attached hydrogens (tertiary/aromatic N) is 1. The third kappa shape index (κ3) is 3.29. The van der Waals surface area contributed by atoms with E-state index in [1.54, 1.807) is 12.1 Å². The van der Waals surface area contributed by atoms with Crippen LogP contribution in [0.2, 0.25) is 0 Å². The Morgan fingerprint density at radius 1 is 1.22 bits per heavy atom. The molecule has 2 aromatic rings. The van der Waals surface area contributed by atoms with Gasteiger partial charge in [0.1, 0.15) is 11.6 Å². The molecule has 0 atom stereocenters. The number of carbonyl (C=O) groups is 1. The minimum absolute atomic E-state index is 0.0923. The van der Waals surface area contributed by atoms with Gasteiger partial charge in [-0.15, -0.1) is 0 Å². The van der Waals surface area contributed by atoms with Gasteiger partial charge in [0, 0.05) is 11.1 Å². The van der Waals surface area contributed by atoms with Crippen LogP contribution in [-0.2, 0) is 9.53 Å². The number of aliphatic imine (C=N–C) groups is 1. The first-order valence-corrected chi connectivity index (χ1v) is 7.17. The molecule has 1 aliphatic rings. The molecule has 1 aliphatic heterocycles. The van der Waals surface area contributed by atoms with Crippen LogP contribution in [0.5, 0.6) is 5.75 Å². The number of para-hydroxylation sites is 1. The molecular weight excluding hydrogens is 297 g/mol. The average Bonchev–Trinajstić information content (AvgIpc) is 2.91. The number of halogens is 1. The van der Waals surface area contributed by atoms with Crippen molar-refractivity contribution in [1.82, 2.24) is 0 Å². The molecule has 0 aliphatic carbocycles. The second-order valence-corrected chi connectivity index (χ2v) is 4.82. The number of hydrogen-bond acceptors (Lipinski definition) is 4. The highest BCUT2D eigenvalue weighted by atomic mass is 19.1. The monoisotopic (exact) mass is 311 g/mol. The number of cyclic esters (lactones) is 1. The molecule has 0 unspecified atom stereocenters. The van der Waals surface area contributed by atoms with Crippen molar-refractivity contribution in [3.63, 3.8) is 0 Å². The number of esters is 1. The number of benzene rings is 2. The van der Waals surface area contributed by atoms with Gasteiger partial charge in [0.25, 0.3) is 0 Å². The van der Waals surface area contributed by atoms with Crippen molar-refractivity contribution in [3.05, 3.63) is 71.2 Å².